The van der Waals surface area contributed by atoms with Gasteiger partial charge in [-0.2, -0.15) is 0 Å². The van der Waals surface area contributed by atoms with Crippen molar-refractivity contribution < 1.29 is 14.6 Å². The van der Waals surface area contributed by atoms with E-state index >= 15 is 0 Å². The van der Waals surface area contributed by atoms with Gasteiger partial charge in [0.15, 0.2) is 11.5 Å². The Morgan fingerprint density at radius 3 is 2.61 bits per heavy atom. The van der Waals surface area contributed by atoms with E-state index in [0.717, 1.165) is 57.1 Å². The smallest absolute Gasteiger partial charge is 0.231 e. The maximum Gasteiger partial charge on any atom is 0.231 e. The van der Waals surface area contributed by atoms with E-state index in [1.54, 1.807) is 0 Å². The zero-order chi connectivity index (χ0) is 15.6. The normalized spacial score (nSPS) is 28.9. The molecule has 3 aliphatic rings. The van der Waals surface area contributed by atoms with Crippen LogP contribution in [0.15, 0.2) is 18.2 Å². The Kier molecular flexibility index (Phi) is 4.42. The second-order valence-electron chi connectivity index (χ2n) is 6.92. The van der Waals surface area contributed by atoms with Crippen LogP contribution < -0.4 is 9.47 Å². The number of rotatable bonds is 3. The molecule has 5 nitrogen and oxygen atoms in total. The second-order valence-corrected chi connectivity index (χ2v) is 6.92. The molecule has 1 N–H and O–H groups in total. The summed E-state index contributed by atoms with van der Waals surface area (Å²) in [6, 6.07) is 6.62. The average molecular weight is 318 g/mol. The van der Waals surface area contributed by atoms with Gasteiger partial charge in [-0.15, -0.1) is 0 Å². The molecule has 0 amide bonds. The van der Waals surface area contributed by atoms with E-state index < -0.39 is 0 Å². The monoisotopic (exact) mass is 318 g/mol. The van der Waals surface area contributed by atoms with E-state index in [9.17, 15) is 5.11 Å². The summed E-state index contributed by atoms with van der Waals surface area (Å²) in [6.07, 6.45) is 4.45. The fraction of sp³-hybridized carbons (Fsp3) is 0.667. The molecule has 1 aromatic carbocycles. The molecule has 2 aliphatic heterocycles. The minimum absolute atomic E-state index is 0.121. The Bertz CT molecular complexity index is 543. The number of hydrogen-bond acceptors (Lipinski definition) is 5. The molecule has 0 unspecified atom stereocenters. The first-order valence-electron chi connectivity index (χ1n) is 8.82. The van der Waals surface area contributed by atoms with Gasteiger partial charge in [0, 0.05) is 38.8 Å². The summed E-state index contributed by atoms with van der Waals surface area (Å²) < 4.78 is 10.8. The minimum Gasteiger partial charge on any atom is -0.454 e. The Morgan fingerprint density at radius 2 is 1.78 bits per heavy atom. The number of aliphatic hydroxyl groups is 1. The zero-order valence-electron chi connectivity index (χ0n) is 13.6. The van der Waals surface area contributed by atoms with Crippen molar-refractivity contribution in [3.05, 3.63) is 23.8 Å². The van der Waals surface area contributed by atoms with Crippen LogP contribution in [0, 0.1) is 0 Å². The Balaban J connectivity index is 1.31. The SMILES string of the molecule is O[C@@H]1CCCC[C@H]1N1CCN(Cc2ccc3c(c2)OCO3)CC1. The molecule has 1 aromatic rings. The first-order chi connectivity index (χ1) is 11.3. The van der Waals surface area contributed by atoms with E-state index in [0.29, 0.717) is 12.8 Å². The topological polar surface area (TPSA) is 45.2 Å². The van der Waals surface area contributed by atoms with Crippen molar-refractivity contribution in [3.63, 3.8) is 0 Å². The van der Waals surface area contributed by atoms with Gasteiger partial charge in [-0.1, -0.05) is 18.9 Å². The van der Waals surface area contributed by atoms with Gasteiger partial charge in [-0.25, -0.2) is 0 Å². The highest BCUT2D eigenvalue weighted by atomic mass is 16.7. The first-order valence-corrected chi connectivity index (χ1v) is 8.82. The first kappa shape index (κ1) is 15.2. The van der Waals surface area contributed by atoms with Gasteiger partial charge in [-0.05, 0) is 30.5 Å². The van der Waals surface area contributed by atoms with Gasteiger partial charge in [-0.3, -0.25) is 9.80 Å². The Morgan fingerprint density at radius 1 is 1.00 bits per heavy atom. The number of benzene rings is 1. The summed E-state index contributed by atoms with van der Waals surface area (Å²) in [5.41, 5.74) is 1.28. The predicted molar refractivity (Wildman–Crippen MR) is 87.7 cm³/mol. The quantitative estimate of drug-likeness (QED) is 0.921. The van der Waals surface area contributed by atoms with Gasteiger partial charge in [0.2, 0.25) is 6.79 Å². The molecule has 1 saturated heterocycles. The van der Waals surface area contributed by atoms with Crippen LogP contribution in [0.2, 0.25) is 0 Å². The summed E-state index contributed by atoms with van der Waals surface area (Å²) >= 11 is 0. The molecule has 2 heterocycles. The third-order valence-corrected chi connectivity index (χ3v) is 5.41. The molecule has 2 atom stereocenters. The maximum absolute atomic E-state index is 10.2. The van der Waals surface area contributed by atoms with Crippen LogP contribution in [0.4, 0.5) is 0 Å². The average Bonchev–Trinajstić information content (AvgIpc) is 3.04. The van der Waals surface area contributed by atoms with Crippen molar-refractivity contribution in [2.24, 2.45) is 0 Å². The second kappa shape index (κ2) is 6.67. The third-order valence-electron chi connectivity index (χ3n) is 5.41. The summed E-state index contributed by atoms with van der Waals surface area (Å²) in [4.78, 5) is 4.99. The molecule has 1 saturated carbocycles. The lowest BCUT2D eigenvalue weighted by Crippen LogP contribution is -2.54. The molecule has 5 heteroatoms. The molecule has 4 rings (SSSR count). The van der Waals surface area contributed by atoms with Crippen molar-refractivity contribution in [1.82, 2.24) is 9.80 Å². The standard InChI is InChI=1S/C18H26N2O3/c21-16-4-2-1-3-15(16)20-9-7-19(8-10-20)12-14-5-6-17-18(11-14)23-13-22-17/h5-6,11,15-16,21H,1-4,7-10,12-13H2/t15-,16-/m1/s1. The number of hydrogen-bond donors (Lipinski definition) is 1. The van der Waals surface area contributed by atoms with Gasteiger partial charge < -0.3 is 14.6 Å². The van der Waals surface area contributed by atoms with Crippen molar-refractivity contribution in [2.45, 2.75) is 44.4 Å². The van der Waals surface area contributed by atoms with E-state index in [-0.39, 0.29) is 6.10 Å². The lowest BCUT2D eigenvalue weighted by atomic mass is 9.91. The van der Waals surface area contributed by atoms with E-state index in [2.05, 4.69) is 21.9 Å². The van der Waals surface area contributed by atoms with Crippen LogP contribution >= 0.6 is 0 Å². The summed E-state index contributed by atoms with van der Waals surface area (Å²) in [7, 11) is 0. The van der Waals surface area contributed by atoms with Crippen molar-refractivity contribution in [1.29, 1.82) is 0 Å². The third kappa shape index (κ3) is 3.32. The van der Waals surface area contributed by atoms with Crippen LogP contribution in [0.1, 0.15) is 31.2 Å². The minimum atomic E-state index is -0.121. The van der Waals surface area contributed by atoms with E-state index in [4.69, 9.17) is 9.47 Å². The highest BCUT2D eigenvalue weighted by Crippen LogP contribution is 2.33. The maximum atomic E-state index is 10.2. The molecular weight excluding hydrogens is 292 g/mol. The highest BCUT2D eigenvalue weighted by Gasteiger charge is 2.30. The van der Waals surface area contributed by atoms with Gasteiger partial charge in [0.25, 0.3) is 0 Å². The van der Waals surface area contributed by atoms with Crippen molar-refractivity contribution >= 4 is 0 Å². The molecule has 23 heavy (non-hydrogen) atoms. The van der Waals surface area contributed by atoms with Crippen LogP contribution in [0.3, 0.4) is 0 Å². The molecule has 2 fully saturated rings. The van der Waals surface area contributed by atoms with Crippen molar-refractivity contribution in [3.8, 4) is 11.5 Å². The fourth-order valence-corrected chi connectivity index (χ4v) is 4.07. The number of nitrogens with zero attached hydrogens (tertiary/aromatic N) is 2. The lowest BCUT2D eigenvalue weighted by molar-refractivity contribution is -0.00473. The van der Waals surface area contributed by atoms with Crippen LogP contribution in [0.5, 0.6) is 11.5 Å². The Hall–Kier alpha value is -1.30. The van der Waals surface area contributed by atoms with E-state index in [1.807, 2.05) is 6.07 Å². The number of aliphatic hydroxyl groups excluding tert-OH is 1. The molecule has 0 spiro atoms. The van der Waals surface area contributed by atoms with Crippen molar-refractivity contribution in [2.75, 3.05) is 33.0 Å². The molecular formula is C18H26N2O3. The summed E-state index contributed by atoms with van der Waals surface area (Å²) in [5.74, 6) is 1.72. The van der Waals surface area contributed by atoms with Gasteiger partial charge >= 0.3 is 0 Å². The molecule has 0 bridgehead atoms. The van der Waals surface area contributed by atoms with Crippen LogP contribution in [-0.2, 0) is 6.54 Å². The van der Waals surface area contributed by atoms with Crippen LogP contribution in [0.25, 0.3) is 0 Å². The fourth-order valence-electron chi connectivity index (χ4n) is 4.07. The Labute approximate surface area is 137 Å². The highest BCUT2D eigenvalue weighted by molar-refractivity contribution is 5.44. The predicted octanol–water partition coefficient (Wildman–Crippen LogP) is 1.84. The van der Waals surface area contributed by atoms with Crippen LogP contribution in [-0.4, -0.2) is 60.0 Å². The van der Waals surface area contributed by atoms with E-state index in [1.165, 1.54) is 18.4 Å². The molecule has 0 radical (unpaired) electrons. The van der Waals surface area contributed by atoms with Gasteiger partial charge in [0.05, 0.1) is 6.10 Å². The number of piperazine rings is 1. The largest absolute Gasteiger partial charge is 0.454 e. The molecule has 126 valence electrons. The lowest BCUT2D eigenvalue weighted by Gasteiger charge is -2.42. The van der Waals surface area contributed by atoms with Gasteiger partial charge in [0.1, 0.15) is 0 Å². The number of ether oxygens (including phenoxy) is 2. The summed E-state index contributed by atoms with van der Waals surface area (Å²) in [5, 5.41) is 10.2. The summed E-state index contributed by atoms with van der Waals surface area (Å²) in [6.45, 7) is 5.55. The zero-order valence-corrected chi connectivity index (χ0v) is 13.6. The molecule has 0 aromatic heterocycles. The molecule has 1 aliphatic carbocycles. The number of fused-ring (bicyclic) bond motifs is 1.